The summed E-state index contributed by atoms with van der Waals surface area (Å²) in [5.74, 6) is 7.59. The van der Waals surface area contributed by atoms with Crippen LogP contribution in [0.15, 0.2) is 6.07 Å². The Bertz CT molecular complexity index is 358. The largest absolute Gasteiger partial charge is 0.380 e. The van der Waals surface area contributed by atoms with E-state index in [9.17, 15) is 0 Å². The van der Waals surface area contributed by atoms with Gasteiger partial charge >= 0.3 is 0 Å². The molecule has 0 aliphatic rings. The normalized spacial score (nSPS) is 12.2. The summed E-state index contributed by atoms with van der Waals surface area (Å²) in [7, 11) is 0. The Balaban J connectivity index is 2.71. The minimum absolute atomic E-state index is 0.194. The van der Waals surface area contributed by atoms with Crippen molar-refractivity contribution in [2.24, 2.45) is 5.84 Å². The lowest BCUT2D eigenvalue weighted by molar-refractivity contribution is 0.141. The highest BCUT2D eigenvalue weighted by molar-refractivity contribution is 5.47. The molecule has 1 aromatic rings. The van der Waals surface area contributed by atoms with Crippen molar-refractivity contribution in [1.29, 1.82) is 0 Å². The third-order valence-electron chi connectivity index (χ3n) is 2.36. The van der Waals surface area contributed by atoms with Gasteiger partial charge in [-0.2, -0.15) is 0 Å². The van der Waals surface area contributed by atoms with Crippen LogP contribution in [0.1, 0.15) is 33.0 Å². The molecule has 4 N–H and O–H groups in total. The first-order valence-corrected chi connectivity index (χ1v) is 6.38. The van der Waals surface area contributed by atoms with Gasteiger partial charge in [0.1, 0.15) is 17.5 Å². The van der Waals surface area contributed by atoms with Crippen molar-refractivity contribution >= 4 is 11.6 Å². The summed E-state index contributed by atoms with van der Waals surface area (Å²) in [6.07, 6.45) is 1.84. The molecule has 0 bridgehead atoms. The Hall–Kier alpha value is -1.40. The van der Waals surface area contributed by atoms with E-state index in [-0.39, 0.29) is 6.04 Å². The summed E-state index contributed by atoms with van der Waals surface area (Å²) in [6.45, 7) is 7.48. The smallest absolute Gasteiger partial charge is 0.145 e. The first-order chi connectivity index (χ1) is 8.69. The molecule has 1 unspecified atom stereocenters. The number of hydrogen-bond donors (Lipinski definition) is 3. The number of nitrogen functional groups attached to an aromatic ring is 1. The standard InChI is InChI=1S/C12H23N5O/c1-4-6-10-15-11(7-12(16-10)17-13)14-9(3)8-18-5-2/h7,9H,4-6,8,13H2,1-3H3,(H2,14,15,16,17). The van der Waals surface area contributed by atoms with E-state index in [2.05, 4.69) is 27.6 Å². The van der Waals surface area contributed by atoms with Gasteiger partial charge in [0.05, 0.1) is 6.61 Å². The fourth-order valence-electron chi connectivity index (χ4n) is 1.57. The Morgan fingerprint density at radius 2 is 2.06 bits per heavy atom. The molecule has 6 nitrogen and oxygen atoms in total. The van der Waals surface area contributed by atoms with Crippen molar-refractivity contribution < 1.29 is 4.74 Å². The Morgan fingerprint density at radius 1 is 1.33 bits per heavy atom. The molecule has 0 aromatic carbocycles. The van der Waals surface area contributed by atoms with Gasteiger partial charge in [-0.3, -0.25) is 0 Å². The van der Waals surface area contributed by atoms with Gasteiger partial charge in [-0.05, 0) is 20.3 Å². The van der Waals surface area contributed by atoms with E-state index in [4.69, 9.17) is 10.6 Å². The summed E-state index contributed by atoms with van der Waals surface area (Å²) in [5.41, 5.74) is 2.56. The molecule has 0 amide bonds. The van der Waals surface area contributed by atoms with E-state index in [0.29, 0.717) is 19.0 Å². The number of nitrogens with one attached hydrogen (secondary N) is 2. The van der Waals surface area contributed by atoms with Gasteiger partial charge < -0.3 is 15.5 Å². The zero-order chi connectivity index (χ0) is 13.4. The van der Waals surface area contributed by atoms with Crippen molar-refractivity contribution in [3.8, 4) is 0 Å². The van der Waals surface area contributed by atoms with Crippen LogP contribution < -0.4 is 16.6 Å². The minimum Gasteiger partial charge on any atom is -0.380 e. The number of ether oxygens (including phenoxy) is 1. The first-order valence-electron chi connectivity index (χ1n) is 6.38. The second-order valence-corrected chi connectivity index (χ2v) is 4.15. The van der Waals surface area contributed by atoms with Crippen LogP contribution in [0.5, 0.6) is 0 Å². The monoisotopic (exact) mass is 253 g/mol. The number of anilines is 2. The maximum atomic E-state index is 5.40. The van der Waals surface area contributed by atoms with Crippen molar-refractivity contribution in [1.82, 2.24) is 9.97 Å². The van der Waals surface area contributed by atoms with E-state index in [1.807, 2.05) is 13.8 Å². The number of nitrogens with two attached hydrogens (primary N) is 1. The van der Waals surface area contributed by atoms with Gasteiger partial charge in [0, 0.05) is 25.1 Å². The molecule has 102 valence electrons. The second-order valence-electron chi connectivity index (χ2n) is 4.15. The Morgan fingerprint density at radius 3 is 2.67 bits per heavy atom. The zero-order valence-corrected chi connectivity index (χ0v) is 11.4. The van der Waals surface area contributed by atoms with Gasteiger partial charge in [0.15, 0.2) is 0 Å². The molecule has 0 fully saturated rings. The third-order valence-corrected chi connectivity index (χ3v) is 2.36. The van der Waals surface area contributed by atoms with E-state index in [1.165, 1.54) is 0 Å². The fraction of sp³-hybridized carbons (Fsp3) is 0.667. The summed E-state index contributed by atoms with van der Waals surface area (Å²) >= 11 is 0. The van der Waals surface area contributed by atoms with E-state index >= 15 is 0 Å². The van der Waals surface area contributed by atoms with Crippen molar-refractivity contribution in [3.05, 3.63) is 11.9 Å². The molecule has 0 radical (unpaired) electrons. The highest BCUT2D eigenvalue weighted by Crippen LogP contribution is 2.12. The highest BCUT2D eigenvalue weighted by Gasteiger charge is 2.07. The van der Waals surface area contributed by atoms with E-state index in [0.717, 1.165) is 24.5 Å². The van der Waals surface area contributed by atoms with Crippen LogP contribution in [0, 0.1) is 0 Å². The van der Waals surface area contributed by atoms with Crippen LogP contribution in [0.25, 0.3) is 0 Å². The van der Waals surface area contributed by atoms with E-state index in [1.54, 1.807) is 6.07 Å². The molecule has 0 aliphatic heterocycles. The Kier molecular flexibility index (Phi) is 6.38. The van der Waals surface area contributed by atoms with Crippen LogP contribution in [0.4, 0.5) is 11.6 Å². The fourth-order valence-corrected chi connectivity index (χ4v) is 1.57. The van der Waals surface area contributed by atoms with Gasteiger partial charge in [-0.25, -0.2) is 15.8 Å². The summed E-state index contributed by atoms with van der Waals surface area (Å²) < 4.78 is 5.36. The number of aryl methyl sites for hydroxylation is 1. The summed E-state index contributed by atoms with van der Waals surface area (Å²) in [4.78, 5) is 8.74. The van der Waals surface area contributed by atoms with Crippen molar-refractivity contribution in [2.45, 2.75) is 39.7 Å². The molecule has 0 aliphatic carbocycles. The predicted molar refractivity (Wildman–Crippen MR) is 73.4 cm³/mol. The van der Waals surface area contributed by atoms with Crippen LogP contribution in [0.3, 0.4) is 0 Å². The molecule has 1 rings (SSSR count). The van der Waals surface area contributed by atoms with Gasteiger partial charge in [0.2, 0.25) is 0 Å². The van der Waals surface area contributed by atoms with Crippen molar-refractivity contribution in [3.63, 3.8) is 0 Å². The molecular formula is C12H23N5O. The molecule has 1 aromatic heterocycles. The van der Waals surface area contributed by atoms with Crippen LogP contribution in [0.2, 0.25) is 0 Å². The van der Waals surface area contributed by atoms with Crippen LogP contribution in [-0.4, -0.2) is 29.2 Å². The summed E-state index contributed by atoms with van der Waals surface area (Å²) in [6, 6.07) is 1.99. The SMILES string of the molecule is CCCc1nc(NN)cc(NC(C)COCC)n1. The van der Waals surface area contributed by atoms with Crippen LogP contribution in [-0.2, 0) is 11.2 Å². The minimum atomic E-state index is 0.194. The number of hydrogen-bond acceptors (Lipinski definition) is 6. The van der Waals surface area contributed by atoms with Crippen LogP contribution >= 0.6 is 0 Å². The Labute approximate surface area is 108 Å². The maximum Gasteiger partial charge on any atom is 0.145 e. The zero-order valence-electron chi connectivity index (χ0n) is 11.4. The van der Waals surface area contributed by atoms with E-state index < -0.39 is 0 Å². The topological polar surface area (TPSA) is 85.1 Å². The maximum absolute atomic E-state index is 5.40. The molecule has 18 heavy (non-hydrogen) atoms. The molecule has 0 saturated heterocycles. The summed E-state index contributed by atoms with van der Waals surface area (Å²) in [5, 5.41) is 3.28. The average molecular weight is 253 g/mol. The second kappa shape index (κ2) is 7.84. The number of hydrazine groups is 1. The quantitative estimate of drug-likeness (QED) is 0.481. The lowest BCUT2D eigenvalue weighted by Gasteiger charge is -2.15. The number of rotatable bonds is 8. The molecular weight excluding hydrogens is 230 g/mol. The highest BCUT2D eigenvalue weighted by atomic mass is 16.5. The van der Waals surface area contributed by atoms with Crippen molar-refractivity contribution in [2.75, 3.05) is 24.0 Å². The molecule has 0 spiro atoms. The predicted octanol–water partition coefficient (Wildman–Crippen LogP) is 1.55. The molecule has 0 saturated carbocycles. The van der Waals surface area contributed by atoms with Gasteiger partial charge in [-0.1, -0.05) is 6.92 Å². The lowest BCUT2D eigenvalue weighted by atomic mass is 10.3. The first kappa shape index (κ1) is 14.7. The number of aromatic nitrogens is 2. The number of nitrogens with zero attached hydrogens (tertiary/aromatic N) is 2. The molecule has 6 heteroatoms. The third kappa shape index (κ3) is 4.85. The average Bonchev–Trinajstić information content (AvgIpc) is 2.36. The molecule has 1 heterocycles. The van der Waals surface area contributed by atoms with Gasteiger partial charge in [0.25, 0.3) is 0 Å². The lowest BCUT2D eigenvalue weighted by Crippen LogP contribution is -2.23. The van der Waals surface area contributed by atoms with Gasteiger partial charge in [-0.15, -0.1) is 0 Å². The molecule has 1 atom stereocenters.